The Labute approximate surface area is 120 Å². The first-order valence-electron chi connectivity index (χ1n) is 5.04. The largest absolute Gasteiger partial charge is 0.352 e. The fourth-order valence-electron chi connectivity index (χ4n) is 1.24. The Morgan fingerprint density at radius 3 is 2.76 bits per heavy atom. The van der Waals surface area contributed by atoms with E-state index in [4.69, 9.17) is 0 Å². The second-order valence-corrected chi connectivity index (χ2v) is 6.84. The number of amides is 1. The number of rotatable bonds is 5. The van der Waals surface area contributed by atoms with E-state index in [-0.39, 0.29) is 5.91 Å². The van der Waals surface area contributed by atoms with Crippen molar-refractivity contribution >= 4 is 48.6 Å². The van der Waals surface area contributed by atoms with Crippen molar-refractivity contribution in [3.05, 3.63) is 32.7 Å². The van der Waals surface area contributed by atoms with Crippen LogP contribution in [0.5, 0.6) is 0 Å². The summed E-state index contributed by atoms with van der Waals surface area (Å²) in [7, 11) is -0.801. The molecule has 1 rings (SSSR count). The molecule has 0 radical (unpaired) electrons. The summed E-state index contributed by atoms with van der Waals surface area (Å²) < 4.78 is 12.5. The van der Waals surface area contributed by atoms with Gasteiger partial charge in [0, 0.05) is 38.3 Å². The summed E-state index contributed by atoms with van der Waals surface area (Å²) in [5.74, 6) is 0.486. The van der Waals surface area contributed by atoms with Crippen molar-refractivity contribution in [3.8, 4) is 0 Å². The number of hydrogen-bond acceptors (Lipinski definition) is 2. The lowest BCUT2D eigenvalue weighted by Crippen LogP contribution is -2.25. The Kier molecular flexibility index (Phi) is 6.37. The topological polar surface area (TPSA) is 46.2 Å². The first-order chi connectivity index (χ1) is 8.00. The van der Waals surface area contributed by atoms with Gasteiger partial charge in [-0.15, -0.1) is 0 Å². The van der Waals surface area contributed by atoms with Crippen molar-refractivity contribution < 1.29 is 9.00 Å². The van der Waals surface area contributed by atoms with Crippen molar-refractivity contribution in [2.75, 3.05) is 18.6 Å². The Bertz CT molecular complexity index is 437. The van der Waals surface area contributed by atoms with E-state index in [2.05, 4.69) is 37.2 Å². The lowest BCUT2D eigenvalue weighted by Gasteiger charge is -2.06. The van der Waals surface area contributed by atoms with E-state index in [0.29, 0.717) is 17.9 Å². The van der Waals surface area contributed by atoms with Crippen LogP contribution in [0.4, 0.5) is 0 Å². The van der Waals surface area contributed by atoms with Crippen LogP contribution in [0, 0.1) is 0 Å². The van der Waals surface area contributed by atoms with Crippen LogP contribution in [-0.4, -0.2) is 28.7 Å². The molecule has 0 aromatic heterocycles. The molecule has 3 nitrogen and oxygen atoms in total. The molecule has 0 saturated carbocycles. The van der Waals surface area contributed by atoms with E-state index >= 15 is 0 Å². The van der Waals surface area contributed by atoms with Crippen LogP contribution in [0.15, 0.2) is 27.1 Å². The van der Waals surface area contributed by atoms with Gasteiger partial charge in [-0.3, -0.25) is 9.00 Å². The molecule has 0 fully saturated rings. The van der Waals surface area contributed by atoms with E-state index in [1.165, 1.54) is 0 Å². The Balaban J connectivity index is 2.52. The van der Waals surface area contributed by atoms with E-state index in [9.17, 15) is 9.00 Å². The molecule has 0 aliphatic carbocycles. The molecule has 0 bridgehead atoms. The first-order valence-corrected chi connectivity index (χ1v) is 8.35. The van der Waals surface area contributed by atoms with Crippen LogP contribution in [0.3, 0.4) is 0 Å². The predicted octanol–water partition coefficient (Wildman–Crippen LogP) is 2.71. The average Bonchev–Trinajstić information content (AvgIpc) is 2.27. The zero-order valence-corrected chi connectivity index (χ0v) is 13.3. The van der Waals surface area contributed by atoms with E-state index in [0.717, 1.165) is 15.4 Å². The third-order valence-corrected chi connectivity index (χ3v) is 4.12. The molecular formula is C11H13Br2NO2S. The van der Waals surface area contributed by atoms with Gasteiger partial charge in [-0.1, -0.05) is 15.9 Å². The van der Waals surface area contributed by atoms with Gasteiger partial charge in [0.05, 0.1) is 5.56 Å². The summed E-state index contributed by atoms with van der Waals surface area (Å²) in [6.45, 7) is 0.539. The molecular weight excluding hydrogens is 370 g/mol. The molecule has 17 heavy (non-hydrogen) atoms. The van der Waals surface area contributed by atoms with Crippen LogP contribution in [0.1, 0.15) is 16.8 Å². The van der Waals surface area contributed by atoms with Gasteiger partial charge in [-0.05, 0) is 40.5 Å². The minimum Gasteiger partial charge on any atom is -0.352 e. The fourth-order valence-corrected chi connectivity index (χ4v) is 2.58. The van der Waals surface area contributed by atoms with Gasteiger partial charge in [-0.2, -0.15) is 0 Å². The summed E-state index contributed by atoms with van der Waals surface area (Å²) in [5, 5.41) is 2.80. The quantitative estimate of drug-likeness (QED) is 0.795. The van der Waals surface area contributed by atoms with Gasteiger partial charge in [-0.25, -0.2) is 0 Å². The third-order valence-electron chi connectivity index (χ3n) is 2.07. The van der Waals surface area contributed by atoms with E-state index in [1.54, 1.807) is 12.3 Å². The lowest BCUT2D eigenvalue weighted by atomic mass is 10.2. The molecule has 94 valence electrons. The second kappa shape index (κ2) is 7.28. The normalized spacial score (nSPS) is 12.2. The Morgan fingerprint density at radius 1 is 1.41 bits per heavy atom. The van der Waals surface area contributed by atoms with E-state index in [1.807, 2.05) is 12.1 Å². The number of hydrogen-bond donors (Lipinski definition) is 1. The highest BCUT2D eigenvalue weighted by Crippen LogP contribution is 2.21. The van der Waals surface area contributed by atoms with Crippen LogP contribution >= 0.6 is 31.9 Å². The molecule has 0 aliphatic heterocycles. The van der Waals surface area contributed by atoms with Crippen LogP contribution in [0.2, 0.25) is 0 Å². The van der Waals surface area contributed by atoms with Gasteiger partial charge in [0.25, 0.3) is 5.91 Å². The maximum Gasteiger partial charge on any atom is 0.252 e. The van der Waals surface area contributed by atoms with Gasteiger partial charge < -0.3 is 5.32 Å². The number of carbonyl (C=O) groups is 1. The van der Waals surface area contributed by atoms with Gasteiger partial charge in [0.2, 0.25) is 0 Å². The van der Waals surface area contributed by atoms with E-state index < -0.39 is 10.8 Å². The zero-order chi connectivity index (χ0) is 12.8. The second-order valence-electron chi connectivity index (χ2n) is 3.51. The van der Waals surface area contributed by atoms with Crippen molar-refractivity contribution in [1.29, 1.82) is 0 Å². The molecule has 0 spiro atoms. The maximum absolute atomic E-state index is 11.8. The minimum atomic E-state index is -0.801. The smallest absolute Gasteiger partial charge is 0.252 e. The molecule has 1 atom stereocenters. The summed E-state index contributed by atoms with van der Waals surface area (Å²) in [6, 6.07) is 5.44. The van der Waals surface area contributed by atoms with Crippen molar-refractivity contribution in [2.24, 2.45) is 0 Å². The van der Waals surface area contributed by atoms with Crippen molar-refractivity contribution in [2.45, 2.75) is 6.42 Å². The molecule has 1 aromatic rings. The van der Waals surface area contributed by atoms with Crippen molar-refractivity contribution in [3.63, 3.8) is 0 Å². The molecule has 6 heteroatoms. The van der Waals surface area contributed by atoms with Crippen LogP contribution in [-0.2, 0) is 10.8 Å². The molecule has 0 heterocycles. The van der Waals surface area contributed by atoms with Gasteiger partial charge >= 0.3 is 0 Å². The average molecular weight is 383 g/mol. The lowest BCUT2D eigenvalue weighted by molar-refractivity contribution is 0.0953. The highest BCUT2D eigenvalue weighted by Gasteiger charge is 2.09. The Morgan fingerprint density at radius 2 is 2.12 bits per heavy atom. The maximum atomic E-state index is 11.8. The molecule has 1 N–H and O–H groups in total. The highest BCUT2D eigenvalue weighted by atomic mass is 79.9. The zero-order valence-electron chi connectivity index (χ0n) is 9.33. The fraction of sp³-hybridized carbons (Fsp3) is 0.364. The summed E-state index contributed by atoms with van der Waals surface area (Å²) in [4.78, 5) is 11.8. The van der Waals surface area contributed by atoms with Crippen LogP contribution < -0.4 is 5.32 Å². The van der Waals surface area contributed by atoms with Crippen LogP contribution in [0.25, 0.3) is 0 Å². The molecule has 0 aliphatic rings. The van der Waals surface area contributed by atoms with Gasteiger partial charge in [0.1, 0.15) is 0 Å². The molecule has 0 saturated heterocycles. The monoisotopic (exact) mass is 381 g/mol. The number of carbonyl (C=O) groups excluding carboxylic acids is 1. The molecule has 1 amide bonds. The molecule has 1 unspecified atom stereocenters. The minimum absolute atomic E-state index is 0.125. The summed E-state index contributed by atoms with van der Waals surface area (Å²) >= 11 is 6.66. The third kappa shape index (κ3) is 5.31. The van der Waals surface area contributed by atoms with Crippen molar-refractivity contribution in [1.82, 2.24) is 5.32 Å². The Hall–Kier alpha value is -0.200. The summed E-state index contributed by atoms with van der Waals surface area (Å²) in [6.07, 6.45) is 2.38. The number of nitrogens with one attached hydrogen (secondary N) is 1. The standard InChI is InChI=1S/C11H13Br2NO2S/c1-17(16)6-2-5-14-11(15)9-7-8(12)3-4-10(9)13/h3-4,7H,2,5-6H2,1H3,(H,14,15). The van der Waals surface area contributed by atoms with Gasteiger partial charge in [0.15, 0.2) is 0 Å². The number of benzene rings is 1. The predicted molar refractivity (Wildman–Crippen MR) is 77.7 cm³/mol. The summed E-state index contributed by atoms with van der Waals surface area (Å²) in [5.41, 5.74) is 0.594. The first kappa shape index (κ1) is 14.9. The highest BCUT2D eigenvalue weighted by molar-refractivity contribution is 9.11. The SMILES string of the molecule is CS(=O)CCCNC(=O)c1cc(Br)ccc1Br. The number of halogens is 2. The molecule has 1 aromatic carbocycles.